The lowest BCUT2D eigenvalue weighted by Crippen LogP contribution is -2.51. The molecule has 0 aliphatic carbocycles. The Labute approximate surface area is 197 Å². The maximum atomic E-state index is 12.1. The minimum atomic E-state index is -1.00. The molecule has 0 aromatic heterocycles. The number of benzene rings is 1. The van der Waals surface area contributed by atoms with Gasteiger partial charge in [-0.1, -0.05) is 18.2 Å². The van der Waals surface area contributed by atoms with E-state index in [1.165, 1.54) is 6.92 Å². The van der Waals surface area contributed by atoms with Gasteiger partial charge in [-0.05, 0) is 26.1 Å². The molecular formula is C22H30N6O6. The first-order valence-corrected chi connectivity index (χ1v) is 10.8. The van der Waals surface area contributed by atoms with Gasteiger partial charge in [-0.25, -0.2) is 0 Å². The Balaban J connectivity index is 1.64. The predicted molar refractivity (Wildman–Crippen MR) is 121 cm³/mol. The van der Waals surface area contributed by atoms with Crippen molar-refractivity contribution in [1.29, 1.82) is 0 Å². The predicted octanol–water partition coefficient (Wildman–Crippen LogP) is -2.50. The molecule has 1 fully saturated rings. The average Bonchev–Trinajstić information content (AvgIpc) is 2.84. The standard InChI is InChI=1S/C22H30N6O6/c1-15(26-18(30)13-24-21(33)16-6-4-3-5-7-16)20(32)23-12-17(29)22(34)25-14-19(31)28-10-8-27(2)9-11-28/h3-7,15H,8-14H2,1-2H3,(H,23,32)(H,24,33)(H,25,34)(H,26,30). The Morgan fingerprint density at radius 3 is 2.15 bits per heavy atom. The molecule has 1 aromatic carbocycles. The highest BCUT2D eigenvalue weighted by molar-refractivity contribution is 6.37. The van der Waals surface area contributed by atoms with Crippen LogP contribution in [0.4, 0.5) is 0 Å². The van der Waals surface area contributed by atoms with Crippen LogP contribution in [0.3, 0.4) is 0 Å². The number of Topliss-reactive ketones (excluding diaryl/α,β-unsaturated/α-hetero) is 1. The van der Waals surface area contributed by atoms with E-state index in [0.29, 0.717) is 18.7 Å². The van der Waals surface area contributed by atoms with Crippen LogP contribution in [0.5, 0.6) is 0 Å². The van der Waals surface area contributed by atoms with Crippen LogP contribution in [0.1, 0.15) is 17.3 Å². The van der Waals surface area contributed by atoms with Crippen LogP contribution >= 0.6 is 0 Å². The number of nitrogens with zero attached hydrogens (tertiary/aromatic N) is 2. The van der Waals surface area contributed by atoms with Gasteiger partial charge >= 0.3 is 0 Å². The second kappa shape index (κ2) is 13.0. The average molecular weight is 475 g/mol. The number of hydrogen-bond acceptors (Lipinski definition) is 7. The van der Waals surface area contributed by atoms with Gasteiger partial charge in [-0.15, -0.1) is 0 Å². The molecule has 12 heteroatoms. The second-order valence-electron chi connectivity index (χ2n) is 7.85. The van der Waals surface area contributed by atoms with Crippen molar-refractivity contribution in [3.8, 4) is 0 Å². The smallest absolute Gasteiger partial charge is 0.289 e. The van der Waals surface area contributed by atoms with Crippen molar-refractivity contribution in [2.45, 2.75) is 13.0 Å². The van der Waals surface area contributed by atoms with Crippen LogP contribution in [-0.2, 0) is 24.0 Å². The molecule has 1 aliphatic rings. The quantitative estimate of drug-likeness (QED) is 0.273. The molecule has 1 aromatic rings. The zero-order chi connectivity index (χ0) is 25.1. The number of hydrogen-bond donors (Lipinski definition) is 4. The lowest BCUT2D eigenvalue weighted by atomic mass is 10.2. The Morgan fingerprint density at radius 2 is 1.50 bits per heavy atom. The van der Waals surface area contributed by atoms with E-state index in [-0.39, 0.29) is 19.0 Å². The fourth-order valence-electron chi connectivity index (χ4n) is 3.03. The number of carbonyl (C=O) groups is 6. The molecule has 1 unspecified atom stereocenters. The number of likely N-dealkylation sites (N-methyl/N-ethyl adjacent to an activating group) is 1. The van der Waals surface area contributed by atoms with Gasteiger partial charge in [0.2, 0.25) is 23.5 Å². The third-order valence-electron chi connectivity index (χ3n) is 5.15. The molecule has 4 N–H and O–H groups in total. The van der Waals surface area contributed by atoms with Crippen molar-refractivity contribution < 1.29 is 28.8 Å². The van der Waals surface area contributed by atoms with Crippen LogP contribution in [-0.4, -0.2) is 104 Å². The molecule has 34 heavy (non-hydrogen) atoms. The van der Waals surface area contributed by atoms with E-state index in [0.717, 1.165) is 13.1 Å². The summed E-state index contributed by atoms with van der Waals surface area (Å²) < 4.78 is 0. The van der Waals surface area contributed by atoms with Crippen LogP contribution in [0.25, 0.3) is 0 Å². The molecule has 0 saturated carbocycles. The number of rotatable bonds is 10. The van der Waals surface area contributed by atoms with Gasteiger partial charge in [0, 0.05) is 31.7 Å². The van der Waals surface area contributed by atoms with Gasteiger partial charge in [0.15, 0.2) is 0 Å². The molecule has 184 valence electrons. The molecule has 1 aliphatic heterocycles. The first-order valence-electron chi connectivity index (χ1n) is 10.8. The van der Waals surface area contributed by atoms with E-state index in [1.54, 1.807) is 35.2 Å². The third kappa shape index (κ3) is 8.62. The van der Waals surface area contributed by atoms with E-state index in [2.05, 4.69) is 26.2 Å². The number of amides is 5. The van der Waals surface area contributed by atoms with E-state index in [9.17, 15) is 28.8 Å². The van der Waals surface area contributed by atoms with Gasteiger partial charge in [-0.2, -0.15) is 0 Å². The van der Waals surface area contributed by atoms with Crippen molar-refractivity contribution in [2.75, 3.05) is 52.9 Å². The minimum Gasteiger partial charge on any atom is -0.347 e. The number of piperazine rings is 1. The highest BCUT2D eigenvalue weighted by atomic mass is 16.2. The van der Waals surface area contributed by atoms with Crippen LogP contribution < -0.4 is 21.3 Å². The highest BCUT2D eigenvalue weighted by Crippen LogP contribution is 1.99. The maximum absolute atomic E-state index is 12.1. The summed E-state index contributed by atoms with van der Waals surface area (Å²) in [5, 5.41) is 9.35. The molecule has 1 heterocycles. The Morgan fingerprint density at radius 1 is 0.853 bits per heavy atom. The second-order valence-corrected chi connectivity index (χ2v) is 7.85. The summed E-state index contributed by atoms with van der Waals surface area (Å²) in [6.07, 6.45) is 0. The summed E-state index contributed by atoms with van der Waals surface area (Å²) in [6.45, 7) is 2.74. The molecule has 1 saturated heterocycles. The molecular weight excluding hydrogens is 444 g/mol. The molecule has 5 amide bonds. The first-order chi connectivity index (χ1) is 16.2. The van der Waals surface area contributed by atoms with Gasteiger partial charge in [0.1, 0.15) is 6.04 Å². The summed E-state index contributed by atoms with van der Waals surface area (Å²) in [7, 11) is 1.95. The lowest BCUT2D eigenvalue weighted by Gasteiger charge is -2.32. The van der Waals surface area contributed by atoms with Gasteiger partial charge < -0.3 is 31.1 Å². The summed E-state index contributed by atoms with van der Waals surface area (Å²) in [6, 6.07) is 7.32. The van der Waals surface area contributed by atoms with E-state index < -0.39 is 42.0 Å². The molecule has 12 nitrogen and oxygen atoms in total. The largest absolute Gasteiger partial charge is 0.347 e. The van der Waals surface area contributed by atoms with E-state index in [1.807, 2.05) is 7.05 Å². The van der Waals surface area contributed by atoms with Gasteiger partial charge in [-0.3, -0.25) is 28.8 Å². The van der Waals surface area contributed by atoms with Crippen molar-refractivity contribution in [2.24, 2.45) is 0 Å². The number of ketones is 1. The topological polar surface area (TPSA) is 157 Å². The first kappa shape index (κ1) is 26.5. The van der Waals surface area contributed by atoms with Crippen molar-refractivity contribution >= 4 is 35.3 Å². The van der Waals surface area contributed by atoms with Crippen LogP contribution in [0.2, 0.25) is 0 Å². The van der Waals surface area contributed by atoms with Crippen molar-refractivity contribution in [3.05, 3.63) is 35.9 Å². The number of nitrogens with one attached hydrogen (secondary N) is 4. The minimum absolute atomic E-state index is 0.283. The zero-order valence-corrected chi connectivity index (χ0v) is 19.3. The fourth-order valence-corrected chi connectivity index (χ4v) is 3.03. The SMILES string of the molecule is CC(NC(=O)CNC(=O)c1ccccc1)C(=O)NCC(=O)C(=O)NCC(=O)N1CCN(C)CC1. The van der Waals surface area contributed by atoms with E-state index >= 15 is 0 Å². The zero-order valence-electron chi connectivity index (χ0n) is 19.3. The van der Waals surface area contributed by atoms with Gasteiger partial charge in [0.25, 0.3) is 11.8 Å². The van der Waals surface area contributed by atoms with Crippen molar-refractivity contribution in [3.63, 3.8) is 0 Å². The maximum Gasteiger partial charge on any atom is 0.289 e. The van der Waals surface area contributed by atoms with E-state index in [4.69, 9.17) is 0 Å². The normalized spacial score (nSPS) is 14.5. The third-order valence-corrected chi connectivity index (χ3v) is 5.15. The Hall–Kier alpha value is -3.80. The fraction of sp³-hybridized carbons (Fsp3) is 0.455. The Kier molecular flexibility index (Phi) is 10.1. The Bertz CT molecular complexity index is 914. The highest BCUT2D eigenvalue weighted by Gasteiger charge is 2.22. The molecule has 0 radical (unpaired) electrons. The number of carbonyl (C=O) groups excluding carboxylic acids is 6. The molecule has 1 atom stereocenters. The summed E-state index contributed by atoms with van der Waals surface area (Å²) in [5.74, 6) is -3.91. The molecule has 0 spiro atoms. The monoisotopic (exact) mass is 474 g/mol. The summed E-state index contributed by atoms with van der Waals surface area (Å²) in [4.78, 5) is 75.7. The molecule has 0 bridgehead atoms. The molecule has 2 rings (SSSR count). The summed E-state index contributed by atoms with van der Waals surface area (Å²) in [5.41, 5.74) is 0.392. The lowest BCUT2D eigenvalue weighted by molar-refractivity contribution is -0.140. The van der Waals surface area contributed by atoms with Crippen molar-refractivity contribution in [1.82, 2.24) is 31.1 Å². The van der Waals surface area contributed by atoms with Gasteiger partial charge in [0.05, 0.1) is 19.6 Å². The summed E-state index contributed by atoms with van der Waals surface area (Å²) >= 11 is 0. The van der Waals surface area contributed by atoms with Crippen LogP contribution in [0.15, 0.2) is 30.3 Å². The van der Waals surface area contributed by atoms with Crippen LogP contribution in [0, 0.1) is 0 Å².